The second kappa shape index (κ2) is 4.69. The number of carbonyl (C=O) groups excluding carboxylic acids is 1. The van der Waals surface area contributed by atoms with Gasteiger partial charge < -0.3 is 0 Å². The number of nitrogens with zero attached hydrogens (tertiary/aromatic N) is 5. The quantitative estimate of drug-likeness (QED) is 0.696. The van der Waals surface area contributed by atoms with Gasteiger partial charge in [-0.15, -0.1) is 0 Å². The van der Waals surface area contributed by atoms with Crippen LogP contribution in [-0.2, 0) is 13.1 Å². The number of carbonyl (C=O) groups is 1. The Labute approximate surface area is 92.9 Å². The molecule has 16 heavy (non-hydrogen) atoms. The second-order valence-corrected chi connectivity index (χ2v) is 3.49. The van der Waals surface area contributed by atoms with E-state index in [1.807, 2.05) is 4.68 Å². The monoisotopic (exact) mass is 219 g/mol. The fourth-order valence-electron chi connectivity index (χ4n) is 1.48. The van der Waals surface area contributed by atoms with Crippen LogP contribution in [0.3, 0.4) is 0 Å². The highest BCUT2D eigenvalue weighted by Crippen LogP contribution is 2.01. The van der Waals surface area contributed by atoms with E-state index in [0.717, 1.165) is 25.1 Å². The molecule has 0 aliphatic rings. The number of aryl methyl sites for hydroxylation is 1. The predicted molar refractivity (Wildman–Crippen MR) is 57.0 cm³/mol. The molecule has 0 atom stereocenters. The summed E-state index contributed by atoms with van der Waals surface area (Å²) >= 11 is 0. The summed E-state index contributed by atoms with van der Waals surface area (Å²) in [5.74, 6) is 0.849. The highest BCUT2D eigenvalue weighted by molar-refractivity contribution is 5.73. The normalized spacial score (nSPS) is 10.6. The van der Waals surface area contributed by atoms with Gasteiger partial charge in [-0.25, -0.2) is 9.67 Å². The zero-order valence-electron chi connectivity index (χ0n) is 9.08. The molecule has 2 rings (SSSR count). The Morgan fingerprint density at radius 3 is 3.00 bits per heavy atom. The lowest BCUT2D eigenvalue weighted by Crippen LogP contribution is -2.10. The molecule has 0 N–H and O–H groups in total. The molecule has 2 heterocycles. The molecular formula is C10H13N5O. The molecule has 0 saturated carbocycles. The van der Waals surface area contributed by atoms with E-state index in [-0.39, 0.29) is 0 Å². The maximum atomic E-state index is 10.5. The first-order chi connectivity index (χ1) is 7.83. The van der Waals surface area contributed by atoms with E-state index in [1.54, 1.807) is 10.9 Å². The summed E-state index contributed by atoms with van der Waals surface area (Å²) in [6.07, 6.45) is 6.55. The molecule has 0 saturated heterocycles. The largest absolute Gasteiger partial charge is 0.298 e. The number of rotatable bonds is 5. The predicted octanol–water partition coefficient (Wildman–Crippen LogP) is 0.745. The van der Waals surface area contributed by atoms with Crippen molar-refractivity contribution in [1.82, 2.24) is 24.5 Å². The maximum Gasteiger partial charge on any atom is 0.153 e. The molecule has 0 unspecified atom stereocenters. The second-order valence-electron chi connectivity index (χ2n) is 3.49. The molecule has 0 spiro atoms. The molecule has 0 amide bonds. The molecule has 0 aliphatic carbocycles. The highest BCUT2D eigenvalue weighted by atomic mass is 16.1. The summed E-state index contributed by atoms with van der Waals surface area (Å²) < 4.78 is 3.53. The third kappa shape index (κ3) is 2.16. The van der Waals surface area contributed by atoms with Crippen LogP contribution in [0.4, 0.5) is 0 Å². The highest BCUT2D eigenvalue weighted by Gasteiger charge is 2.05. The Morgan fingerprint density at radius 1 is 1.44 bits per heavy atom. The van der Waals surface area contributed by atoms with Crippen LogP contribution in [0.1, 0.15) is 29.5 Å². The SMILES string of the molecule is CCCn1ncnc1Cn1cc(C=O)cn1. The molecule has 0 fully saturated rings. The molecule has 6 nitrogen and oxygen atoms in total. The van der Waals surface area contributed by atoms with Gasteiger partial charge in [0.1, 0.15) is 18.7 Å². The van der Waals surface area contributed by atoms with Gasteiger partial charge in [-0.3, -0.25) is 9.48 Å². The number of aromatic nitrogens is 5. The molecular weight excluding hydrogens is 206 g/mol. The minimum Gasteiger partial charge on any atom is -0.298 e. The fourth-order valence-corrected chi connectivity index (χ4v) is 1.48. The lowest BCUT2D eigenvalue weighted by atomic mass is 10.4. The average molecular weight is 219 g/mol. The molecule has 0 radical (unpaired) electrons. The van der Waals surface area contributed by atoms with Crippen LogP contribution in [0, 0.1) is 0 Å². The molecule has 84 valence electrons. The summed E-state index contributed by atoms with van der Waals surface area (Å²) in [4.78, 5) is 14.7. The Bertz CT molecular complexity index is 473. The van der Waals surface area contributed by atoms with Crippen molar-refractivity contribution in [3.8, 4) is 0 Å². The van der Waals surface area contributed by atoms with E-state index in [2.05, 4.69) is 22.1 Å². The number of aldehydes is 1. The van der Waals surface area contributed by atoms with E-state index >= 15 is 0 Å². The number of hydrogen-bond acceptors (Lipinski definition) is 4. The van der Waals surface area contributed by atoms with Crippen molar-refractivity contribution in [3.05, 3.63) is 30.1 Å². The van der Waals surface area contributed by atoms with Gasteiger partial charge in [0.05, 0.1) is 11.8 Å². The van der Waals surface area contributed by atoms with Crippen LogP contribution >= 0.6 is 0 Å². The van der Waals surface area contributed by atoms with Crippen LogP contribution in [0.15, 0.2) is 18.7 Å². The lowest BCUT2D eigenvalue weighted by Gasteiger charge is -2.03. The minimum absolute atomic E-state index is 0.536. The van der Waals surface area contributed by atoms with Gasteiger partial charge in [0.15, 0.2) is 6.29 Å². The van der Waals surface area contributed by atoms with Crippen LogP contribution in [0.25, 0.3) is 0 Å². The minimum atomic E-state index is 0.536. The first-order valence-corrected chi connectivity index (χ1v) is 5.17. The van der Waals surface area contributed by atoms with Crippen molar-refractivity contribution in [3.63, 3.8) is 0 Å². The molecule has 0 aromatic carbocycles. The Balaban J connectivity index is 2.13. The van der Waals surface area contributed by atoms with E-state index < -0.39 is 0 Å². The maximum absolute atomic E-state index is 10.5. The van der Waals surface area contributed by atoms with Gasteiger partial charge in [0.2, 0.25) is 0 Å². The summed E-state index contributed by atoms with van der Waals surface area (Å²) in [5, 5.41) is 8.19. The van der Waals surface area contributed by atoms with E-state index in [4.69, 9.17) is 0 Å². The molecule has 0 bridgehead atoms. The first kappa shape index (κ1) is 10.5. The van der Waals surface area contributed by atoms with Crippen molar-refractivity contribution in [2.75, 3.05) is 0 Å². The third-order valence-corrected chi connectivity index (χ3v) is 2.22. The number of hydrogen-bond donors (Lipinski definition) is 0. The van der Waals surface area contributed by atoms with Crippen LogP contribution in [-0.4, -0.2) is 30.8 Å². The average Bonchev–Trinajstić information content (AvgIpc) is 2.90. The summed E-state index contributed by atoms with van der Waals surface area (Å²) in [7, 11) is 0. The smallest absolute Gasteiger partial charge is 0.153 e. The van der Waals surface area contributed by atoms with Crippen molar-refractivity contribution in [2.45, 2.75) is 26.4 Å². The van der Waals surface area contributed by atoms with Gasteiger partial charge in [-0.2, -0.15) is 10.2 Å². The molecule has 2 aromatic rings. The van der Waals surface area contributed by atoms with Crippen LogP contribution in [0.5, 0.6) is 0 Å². The molecule has 0 aliphatic heterocycles. The van der Waals surface area contributed by atoms with Crippen molar-refractivity contribution in [2.24, 2.45) is 0 Å². The van der Waals surface area contributed by atoms with E-state index in [1.165, 1.54) is 12.5 Å². The van der Waals surface area contributed by atoms with Crippen molar-refractivity contribution < 1.29 is 4.79 Å². The van der Waals surface area contributed by atoms with E-state index in [9.17, 15) is 4.79 Å². The van der Waals surface area contributed by atoms with Gasteiger partial charge in [-0.1, -0.05) is 6.92 Å². The Kier molecular flexibility index (Phi) is 3.09. The van der Waals surface area contributed by atoms with Gasteiger partial charge in [0.25, 0.3) is 0 Å². The zero-order valence-corrected chi connectivity index (χ0v) is 9.08. The third-order valence-electron chi connectivity index (χ3n) is 2.22. The fraction of sp³-hybridized carbons (Fsp3) is 0.400. The topological polar surface area (TPSA) is 65.6 Å². The van der Waals surface area contributed by atoms with E-state index in [0.29, 0.717) is 12.1 Å². The molecule has 6 heteroatoms. The zero-order chi connectivity index (χ0) is 11.4. The summed E-state index contributed by atoms with van der Waals surface area (Å²) in [6, 6.07) is 0. The summed E-state index contributed by atoms with van der Waals surface area (Å²) in [6.45, 7) is 3.47. The van der Waals surface area contributed by atoms with Crippen molar-refractivity contribution >= 4 is 6.29 Å². The van der Waals surface area contributed by atoms with Gasteiger partial charge in [0, 0.05) is 12.7 Å². The lowest BCUT2D eigenvalue weighted by molar-refractivity contribution is 0.112. The summed E-state index contributed by atoms with van der Waals surface area (Å²) in [5.41, 5.74) is 0.571. The Hall–Kier alpha value is -1.98. The van der Waals surface area contributed by atoms with Crippen LogP contribution < -0.4 is 0 Å². The van der Waals surface area contributed by atoms with Gasteiger partial charge in [-0.05, 0) is 6.42 Å². The van der Waals surface area contributed by atoms with Crippen LogP contribution in [0.2, 0.25) is 0 Å². The standard InChI is InChI=1S/C10H13N5O/c1-2-3-15-10(11-8-13-15)6-14-5-9(7-16)4-12-14/h4-5,7-8H,2-3,6H2,1H3. The molecule has 2 aromatic heterocycles. The van der Waals surface area contributed by atoms with Gasteiger partial charge >= 0.3 is 0 Å². The first-order valence-electron chi connectivity index (χ1n) is 5.17. The Morgan fingerprint density at radius 2 is 2.31 bits per heavy atom. The van der Waals surface area contributed by atoms with Crippen molar-refractivity contribution in [1.29, 1.82) is 0 Å².